The average molecular weight is 481 g/mol. The summed E-state index contributed by atoms with van der Waals surface area (Å²) in [5.41, 5.74) is 2.90. The Bertz CT molecular complexity index is 1240. The lowest BCUT2D eigenvalue weighted by Gasteiger charge is -2.22. The summed E-state index contributed by atoms with van der Waals surface area (Å²) in [4.78, 5) is 32.3. The van der Waals surface area contributed by atoms with Gasteiger partial charge < -0.3 is 9.72 Å². The second-order valence-corrected chi connectivity index (χ2v) is 8.83. The molecular weight excluding hydrogens is 455 g/mol. The van der Waals surface area contributed by atoms with Gasteiger partial charge in [-0.05, 0) is 53.9 Å². The van der Waals surface area contributed by atoms with Crippen molar-refractivity contribution >= 4 is 23.4 Å². The highest BCUT2D eigenvalue weighted by Gasteiger charge is 2.33. The van der Waals surface area contributed by atoms with Crippen LogP contribution < -0.4 is 10.3 Å². The molecule has 2 aromatic carbocycles. The van der Waals surface area contributed by atoms with E-state index in [-0.39, 0.29) is 29.1 Å². The maximum Gasteiger partial charge on any atom is 0.253 e. The number of aromatic nitrogens is 2. The molecule has 7 nitrogen and oxygen atoms in total. The summed E-state index contributed by atoms with van der Waals surface area (Å²) in [6.07, 6.45) is 2.06. The number of aryl methyl sites for hydroxylation is 1. The largest absolute Gasteiger partial charge is 0.497 e. The normalized spacial score (nSPS) is 15.3. The molecule has 4 rings (SSSR count). The van der Waals surface area contributed by atoms with Crippen LogP contribution in [0, 0.1) is 5.82 Å². The fourth-order valence-corrected chi connectivity index (χ4v) is 4.52. The van der Waals surface area contributed by atoms with Gasteiger partial charge in [-0.2, -0.15) is 5.10 Å². The first kappa shape index (κ1) is 23.7. The van der Waals surface area contributed by atoms with Crippen LogP contribution in [0.3, 0.4) is 0 Å². The van der Waals surface area contributed by atoms with Crippen LogP contribution in [0.1, 0.15) is 42.6 Å². The molecule has 0 saturated carbocycles. The zero-order chi connectivity index (χ0) is 24.1. The molecule has 1 aliphatic heterocycles. The zero-order valence-corrected chi connectivity index (χ0v) is 19.8. The number of rotatable bonds is 8. The van der Waals surface area contributed by atoms with Gasteiger partial charge in [-0.25, -0.2) is 14.4 Å². The van der Waals surface area contributed by atoms with Crippen molar-refractivity contribution in [2.75, 3.05) is 12.9 Å². The van der Waals surface area contributed by atoms with Gasteiger partial charge in [0.15, 0.2) is 5.16 Å². The number of methoxy groups -OCH3 is 1. The first-order valence-corrected chi connectivity index (χ1v) is 12.0. The fraction of sp³-hybridized carbons (Fsp3) is 0.280. The van der Waals surface area contributed by atoms with Gasteiger partial charge in [0.25, 0.3) is 11.5 Å². The van der Waals surface area contributed by atoms with Gasteiger partial charge in [0.05, 0.1) is 24.6 Å². The van der Waals surface area contributed by atoms with Crippen LogP contribution in [0.5, 0.6) is 5.75 Å². The summed E-state index contributed by atoms with van der Waals surface area (Å²) < 4.78 is 18.7. The summed E-state index contributed by atoms with van der Waals surface area (Å²) in [6.45, 7) is 2.01. The van der Waals surface area contributed by atoms with Crippen molar-refractivity contribution in [2.24, 2.45) is 5.10 Å². The minimum atomic E-state index is -0.357. The predicted molar refractivity (Wildman–Crippen MR) is 130 cm³/mol. The van der Waals surface area contributed by atoms with Gasteiger partial charge in [-0.3, -0.25) is 9.59 Å². The molecule has 1 N–H and O–H groups in total. The third-order valence-corrected chi connectivity index (χ3v) is 6.31. The average Bonchev–Trinajstić information content (AvgIpc) is 3.28. The van der Waals surface area contributed by atoms with Gasteiger partial charge in [-0.1, -0.05) is 37.2 Å². The van der Waals surface area contributed by atoms with Crippen molar-refractivity contribution < 1.29 is 13.9 Å². The number of aromatic amines is 1. The number of nitrogens with one attached hydrogen (secondary N) is 1. The molecule has 0 saturated heterocycles. The summed E-state index contributed by atoms with van der Waals surface area (Å²) >= 11 is 1.17. The molecule has 9 heteroatoms. The van der Waals surface area contributed by atoms with Crippen molar-refractivity contribution in [1.82, 2.24) is 15.0 Å². The van der Waals surface area contributed by atoms with E-state index in [1.165, 1.54) is 35.0 Å². The number of nitrogens with zero attached hydrogens (tertiary/aromatic N) is 3. The number of benzene rings is 2. The second kappa shape index (κ2) is 10.6. The highest BCUT2D eigenvalue weighted by Crippen LogP contribution is 2.34. The maximum atomic E-state index is 13.5. The van der Waals surface area contributed by atoms with Crippen LogP contribution >= 0.6 is 11.8 Å². The van der Waals surface area contributed by atoms with E-state index in [2.05, 4.69) is 15.1 Å². The van der Waals surface area contributed by atoms with Crippen molar-refractivity contribution in [2.45, 2.75) is 37.4 Å². The molecule has 0 radical (unpaired) electrons. The number of H-pyrrole nitrogens is 1. The quantitative estimate of drug-likeness (QED) is 0.383. The van der Waals surface area contributed by atoms with Gasteiger partial charge in [0.2, 0.25) is 0 Å². The van der Waals surface area contributed by atoms with Crippen LogP contribution in [0.2, 0.25) is 0 Å². The number of carbonyl (C=O) groups excluding carboxylic acids is 1. The summed E-state index contributed by atoms with van der Waals surface area (Å²) in [7, 11) is 1.60. The van der Waals surface area contributed by atoms with E-state index in [4.69, 9.17) is 4.74 Å². The Morgan fingerprint density at radius 1 is 1.21 bits per heavy atom. The molecule has 34 heavy (non-hydrogen) atoms. The summed E-state index contributed by atoms with van der Waals surface area (Å²) in [5.74, 6) is 0.212. The topological polar surface area (TPSA) is 87.7 Å². The Hall–Kier alpha value is -3.46. The Balaban J connectivity index is 1.57. The van der Waals surface area contributed by atoms with Crippen molar-refractivity contribution in [1.29, 1.82) is 0 Å². The van der Waals surface area contributed by atoms with Crippen LogP contribution in [0.15, 0.2) is 69.6 Å². The van der Waals surface area contributed by atoms with Gasteiger partial charge >= 0.3 is 0 Å². The zero-order valence-electron chi connectivity index (χ0n) is 19.0. The highest BCUT2D eigenvalue weighted by molar-refractivity contribution is 7.99. The van der Waals surface area contributed by atoms with Crippen molar-refractivity contribution in [3.8, 4) is 5.75 Å². The minimum Gasteiger partial charge on any atom is -0.497 e. The molecule has 2 heterocycles. The lowest BCUT2D eigenvalue weighted by molar-refractivity contribution is -0.130. The molecule has 1 amide bonds. The van der Waals surface area contributed by atoms with Gasteiger partial charge in [0, 0.05) is 18.2 Å². The molecule has 1 atom stereocenters. The lowest BCUT2D eigenvalue weighted by Crippen LogP contribution is -2.28. The van der Waals surface area contributed by atoms with E-state index in [0.29, 0.717) is 23.7 Å². The number of halogens is 1. The molecule has 176 valence electrons. The summed E-state index contributed by atoms with van der Waals surface area (Å²) in [6, 6.07) is 14.7. The first-order chi connectivity index (χ1) is 16.5. The molecular formula is C25H25FN4O3S. The minimum absolute atomic E-state index is 0.0512. The second-order valence-electron chi connectivity index (χ2n) is 7.87. The van der Waals surface area contributed by atoms with Crippen LogP contribution in [-0.4, -0.2) is 39.5 Å². The van der Waals surface area contributed by atoms with E-state index in [1.807, 2.05) is 31.2 Å². The molecule has 0 fully saturated rings. The molecule has 1 aliphatic rings. The lowest BCUT2D eigenvalue weighted by atomic mass is 9.98. The van der Waals surface area contributed by atoms with E-state index in [0.717, 1.165) is 29.0 Å². The molecule has 1 aromatic heterocycles. The number of hydrazone groups is 1. The monoisotopic (exact) mass is 480 g/mol. The Labute approximate surface area is 201 Å². The molecule has 0 spiro atoms. The predicted octanol–water partition coefficient (Wildman–Crippen LogP) is 4.34. The Kier molecular flexibility index (Phi) is 7.42. The standard InChI is InChI=1S/C25H25FN4O3S/c1-3-4-19-13-23(31)28-25(27-19)34-15-24(32)30-22(17-5-9-18(26)10-6-17)14-21(29-30)16-7-11-20(33-2)12-8-16/h5-13,22H,3-4,14-15H2,1-2H3,(H,27,28,31). The number of ether oxygens (including phenoxy) is 1. The summed E-state index contributed by atoms with van der Waals surface area (Å²) in [5, 5.41) is 6.49. The SMILES string of the molecule is CCCc1cc(=O)[nH]c(SCC(=O)N2N=C(c3ccc(OC)cc3)CC2c2ccc(F)cc2)n1. The van der Waals surface area contributed by atoms with E-state index < -0.39 is 0 Å². The van der Waals surface area contributed by atoms with Crippen LogP contribution in [0.25, 0.3) is 0 Å². The Morgan fingerprint density at radius 3 is 2.62 bits per heavy atom. The van der Waals surface area contributed by atoms with E-state index in [1.54, 1.807) is 19.2 Å². The molecule has 0 bridgehead atoms. The molecule has 0 aliphatic carbocycles. The third kappa shape index (κ3) is 5.53. The van der Waals surface area contributed by atoms with Crippen LogP contribution in [-0.2, 0) is 11.2 Å². The third-order valence-electron chi connectivity index (χ3n) is 5.46. The van der Waals surface area contributed by atoms with E-state index >= 15 is 0 Å². The number of hydrogen-bond acceptors (Lipinski definition) is 6. The van der Waals surface area contributed by atoms with Gasteiger partial charge in [-0.15, -0.1) is 0 Å². The van der Waals surface area contributed by atoms with Crippen LogP contribution in [0.4, 0.5) is 4.39 Å². The Morgan fingerprint density at radius 2 is 1.94 bits per heavy atom. The highest BCUT2D eigenvalue weighted by atomic mass is 32.2. The fourth-order valence-electron chi connectivity index (χ4n) is 3.77. The smallest absolute Gasteiger partial charge is 0.253 e. The van der Waals surface area contributed by atoms with Crippen molar-refractivity contribution in [3.05, 3.63) is 87.6 Å². The maximum absolute atomic E-state index is 13.5. The molecule has 1 unspecified atom stereocenters. The van der Waals surface area contributed by atoms with Gasteiger partial charge in [0.1, 0.15) is 11.6 Å². The number of amides is 1. The van der Waals surface area contributed by atoms with E-state index in [9.17, 15) is 14.0 Å². The van der Waals surface area contributed by atoms with Crippen molar-refractivity contribution in [3.63, 3.8) is 0 Å². The first-order valence-electron chi connectivity index (χ1n) is 11.0. The number of thioether (sulfide) groups is 1. The number of carbonyl (C=O) groups is 1. The number of hydrogen-bond donors (Lipinski definition) is 1. The molecule has 3 aromatic rings.